The highest BCUT2D eigenvalue weighted by Crippen LogP contribution is 2.20. The smallest absolute Gasteiger partial charge is 0.291 e. The number of hydrogen-bond acceptors (Lipinski definition) is 3. The van der Waals surface area contributed by atoms with E-state index in [2.05, 4.69) is 5.32 Å². The first-order chi connectivity index (χ1) is 11.0. The third-order valence-electron chi connectivity index (χ3n) is 3.50. The molecule has 2 aromatic carbocycles. The number of amides is 1. The number of aryl methyl sites for hydroxylation is 2. The van der Waals surface area contributed by atoms with Crippen LogP contribution in [0.25, 0.3) is 11.0 Å². The second kappa shape index (κ2) is 5.68. The molecule has 0 fully saturated rings. The maximum Gasteiger partial charge on any atom is 0.291 e. The second-order valence-corrected chi connectivity index (χ2v) is 5.37. The van der Waals surface area contributed by atoms with Gasteiger partial charge < -0.3 is 9.73 Å². The quantitative estimate of drug-likeness (QED) is 0.783. The number of fused-ring (bicyclic) bond motifs is 1. The van der Waals surface area contributed by atoms with Crippen LogP contribution >= 0.6 is 0 Å². The van der Waals surface area contributed by atoms with Gasteiger partial charge in [-0.05, 0) is 43.2 Å². The third-order valence-corrected chi connectivity index (χ3v) is 3.50. The molecule has 0 atom stereocenters. The van der Waals surface area contributed by atoms with Crippen molar-refractivity contribution in [3.05, 3.63) is 75.4 Å². The lowest BCUT2D eigenvalue weighted by Gasteiger charge is -2.08. The lowest BCUT2D eigenvalue weighted by atomic mass is 10.1. The molecule has 0 bridgehead atoms. The van der Waals surface area contributed by atoms with Crippen LogP contribution in [-0.2, 0) is 0 Å². The van der Waals surface area contributed by atoms with Crippen LogP contribution < -0.4 is 10.7 Å². The van der Waals surface area contributed by atoms with Gasteiger partial charge in [0.15, 0.2) is 11.2 Å². The zero-order valence-electron chi connectivity index (χ0n) is 12.6. The van der Waals surface area contributed by atoms with Gasteiger partial charge in [-0.25, -0.2) is 4.39 Å². The molecule has 116 valence electrons. The molecule has 0 unspecified atom stereocenters. The van der Waals surface area contributed by atoms with E-state index in [0.717, 1.165) is 17.2 Å². The van der Waals surface area contributed by atoms with Gasteiger partial charge in [0, 0.05) is 6.07 Å². The van der Waals surface area contributed by atoms with Crippen molar-refractivity contribution in [2.45, 2.75) is 13.8 Å². The average molecular weight is 311 g/mol. The molecule has 0 spiro atoms. The lowest BCUT2D eigenvalue weighted by Crippen LogP contribution is -2.16. The summed E-state index contributed by atoms with van der Waals surface area (Å²) >= 11 is 0. The fourth-order valence-electron chi connectivity index (χ4n) is 2.47. The highest BCUT2D eigenvalue weighted by molar-refractivity contribution is 6.03. The molecule has 0 radical (unpaired) electrons. The Balaban J connectivity index is 2.05. The van der Waals surface area contributed by atoms with Crippen molar-refractivity contribution in [2.75, 3.05) is 5.32 Å². The minimum Gasteiger partial charge on any atom is -0.450 e. The summed E-state index contributed by atoms with van der Waals surface area (Å²) in [6.07, 6.45) is 0. The second-order valence-electron chi connectivity index (χ2n) is 5.37. The monoisotopic (exact) mass is 311 g/mol. The minimum atomic E-state index is -0.672. The number of carbonyl (C=O) groups excluding carboxylic acids is 1. The average Bonchev–Trinajstić information content (AvgIpc) is 2.50. The molecule has 1 heterocycles. The summed E-state index contributed by atoms with van der Waals surface area (Å²) in [6.45, 7) is 3.68. The fraction of sp³-hybridized carbons (Fsp3) is 0.111. The van der Waals surface area contributed by atoms with Crippen LogP contribution in [-0.4, -0.2) is 5.91 Å². The van der Waals surface area contributed by atoms with Crippen molar-refractivity contribution in [1.29, 1.82) is 0 Å². The first-order valence-electron chi connectivity index (χ1n) is 7.06. The van der Waals surface area contributed by atoms with E-state index < -0.39 is 11.7 Å². The first-order valence-corrected chi connectivity index (χ1v) is 7.06. The Hall–Kier alpha value is -2.95. The molecule has 3 aromatic rings. The van der Waals surface area contributed by atoms with E-state index in [4.69, 9.17) is 4.42 Å². The molecule has 3 rings (SSSR count). The Morgan fingerprint density at radius 1 is 1.13 bits per heavy atom. The zero-order valence-corrected chi connectivity index (χ0v) is 12.6. The van der Waals surface area contributed by atoms with Gasteiger partial charge in [-0.15, -0.1) is 0 Å². The van der Waals surface area contributed by atoms with Crippen LogP contribution in [0.15, 0.2) is 51.7 Å². The molecule has 0 saturated carbocycles. The van der Waals surface area contributed by atoms with Gasteiger partial charge >= 0.3 is 0 Å². The highest BCUT2D eigenvalue weighted by Gasteiger charge is 2.15. The molecule has 23 heavy (non-hydrogen) atoms. The van der Waals surface area contributed by atoms with Gasteiger partial charge in [0.1, 0.15) is 11.4 Å². The number of para-hydroxylation sites is 1. The summed E-state index contributed by atoms with van der Waals surface area (Å²) in [6, 6.07) is 10.5. The summed E-state index contributed by atoms with van der Waals surface area (Å²) < 4.78 is 19.2. The van der Waals surface area contributed by atoms with E-state index in [1.54, 1.807) is 19.1 Å². The van der Waals surface area contributed by atoms with Gasteiger partial charge in [0.05, 0.1) is 11.1 Å². The van der Waals surface area contributed by atoms with Gasteiger partial charge in [-0.1, -0.05) is 18.2 Å². The van der Waals surface area contributed by atoms with E-state index in [9.17, 15) is 14.0 Å². The van der Waals surface area contributed by atoms with E-state index in [-0.39, 0.29) is 16.9 Å². The molecule has 4 nitrogen and oxygen atoms in total. The number of carbonyl (C=O) groups is 1. The van der Waals surface area contributed by atoms with Gasteiger partial charge in [-0.3, -0.25) is 9.59 Å². The molecule has 0 saturated heterocycles. The predicted molar refractivity (Wildman–Crippen MR) is 86.3 cm³/mol. The number of hydrogen-bond donors (Lipinski definition) is 1. The van der Waals surface area contributed by atoms with Gasteiger partial charge in [0.25, 0.3) is 5.91 Å². The normalized spacial score (nSPS) is 10.7. The van der Waals surface area contributed by atoms with Crippen LogP contribution in [0.3, 0.4) is 0 Å². The SMILES string of the molecule is Cc1cc(C)c2oc(C(=O)Nc3ccccc3F)cc(=O)c2c1. The standard InChI is InChI=1S/C18H14FNO3/c1-10-7-11(2)17-12(8-10)15(21)9-16(23-17)18(22)20-14-6-4-3-5-13(14)19/h3-9H,1-2H3,(H,20,22). The Labute approximate surface area is 131 Å². The molecular weight excluding hydrogens is 297 g/mol. The van der Waals surface area contributed by atoms with E-state index in [0.29, 0.717) is 11.0 Å². The third kappa shape index (κ3) is 2.85. The molecule has 0 aliphatic carbocycles. The van der Waals surface area contributed by atoms with Crippen molar-refractivity contribution in [3.63, 3.8) is 0 Å². The number of halogens is 1. The molecule has 5 heteroatoms. The lowest BCUT2D eigenvalue weighted by molar-refractivity contribution is 0.0996. The first kappa shape index (κ1) is 15.0. The highest BCUT2D eigenvalue weighted by atomic mass is 19.1. The maximum absolute atomic E-state index is 13.6. The Kier molecular flexibility index (Phi) is 3.70. The van der Waals surface area contributed by atoms with Crippen molar-refractivity contribution in [2.24, 2.45) is 0 Å². The summed E-state index contributed by atoms with van der Waals surface area (Å²) in [5, 5.41) is 2.82. The van der Waals surface area contributed by atoms with Crippen molar-refractivity contribution in [3.8, 4) is 0 Å². The minimum absolute atomic E-state index is 0.0286. The largest absolute Gasteiger partial charge is 0.450 e. The Morgan fingerprint density at radius 2 is 1.87 bits per heavy atom. The number of nitrogens with one attached hydrogen (secondary N) is 1. The maximum atomic E-state index is 13.6. The molecular formula is C18H14FNO3. The van der Waals surface area contributed by atoms with Crippen LogP contribution in [0.4, 0.5) is 10.1 Å². The van der Waals surface area contributed by atoms with Crippen LogP contribution in [0, 0.1) is 19.7 Å². The van der Waals surface area contributed by atoms with Crippen molar-refractivity contribution in [1.82, 2.24) is 0 Å². The number of anilines is 1. The van der Waals surface area contributed by atoms with E-state index in [1.807, 2.05) is 13.0 Å². The molecule has 0 aliphatic heterocycles. The summed E-state index contributed by atoms with van der Waals surface area (Å²) in [7, 11) is 0. The molecule has 1 N–H and O–H groups in total. The van der Waals surface area contributed by atoms with Gasteiger partial charge in [0.2, 0.25) is 0 Å². The summed E-state index contributed by atoms with van der Waals surface area (Å²) in [5.41, 5.74) is 1.78. The topological polar surface area (TPSA) is 59.3 Å². The van der Waals surface area contributed by atoms with E-state index in [1.165, 1.54) is 18.2 Å². The zero-order chi connectivity index (χ0) is 16.6. The molecule has 0 aliphatic rings. The fourth-order valence-corrected chi connectivity index (χ4v) is 2.47. The predicted octanol–water partition coefficient (Wildman–Crippen LogP) is 3.80. The molecule has 1 aromatic heterocycles. The molecule has 1 amide bonds. The van der Waals surface area contributed by atoms with Crippen molar-refractivity contribution >= 4 is 22.6 Å². The Morgan fingerprint density at radius 3 is 2.61 bits per heavy atom. The van der Waals surface area contributed by atoms with Crippen LogP contribution in [0.2, 0.25) is 0 Å². The number of benzene rings is 2. The summed E-state index contributed by atoms with van der Waals surface area (Å²) in [5.74, 6) is -1.39. The Bertz CT molecular complexity index is 976. The van der Waals surface area contributed by atoms with Gasteiger partial charge in [-0.2, -0.15) is 0 Å². The van der Waals surface area contributed by atoms with Crippen LogP contribution in [0.1, 0.15) is 21.7 Å². The van der Waals surface area contributed by atoms with E-state index >= 15 is 0 Å². The number of rotatable bonds is 2. The summed E-state index contributed by atoms with van der Waals surface area (Å²) in [4.78, 5) is 24.4. The van der Waals surface area contributed by atoms with Crippen molar-refractivity contribution < 1.29 is 13.6 Å². The van der Waals surface area contributed by atoms with Crippen LogP contribution in [0.5, 0.6) is 0 Å².